The van der Waals surface area contributed by atoms with Crippen LogP contribution in [0, 0.1) is 40.5 Å². The van der Waals surface area contributed by atoms with E-state index in [9.17, 15) is 64.4 Å². The molecule has 0 saturated heterocycles. The Hall–Kier alpha value is -12.5. The van der Waals surface area contributed by atoms with Gasteiger partial charge in [-0.15, -0.1) is 0 Å². The number of methoxy groups -OCH3 is 4. The largest absolute Gasteiger partial charge is 0.508 e. The van der Waals surface area contributed by atoms with Gasteiger partial charge in [0.1, 0.15) is 39.6 Å². The first-order valence-corrected chi connectivity index (χ1v) is 26.7. The molecule has 5 N–H and O–H groups in total. The minimum Gasteiger partial charge on any atom is -0.493 e. The number of thioether (sulfide) groups is 1. The second-order valence-electron chi connectivity index (χ2n) is 17.1. The summed E-state index contributed by atoms with van der Waals surface area (Å²) >= 11 is 0.901. The van der Waals surface area contributed by atoms with Gasteiger partial charge in [0, 0.05) is 42.2 Å². The van der Waals surface area contributed by atoms with Crippen LogP contribution < -0.4 is 18.9 Å². The van der Waals surface area contributed by atoms with Crippen molar-refractivity contribution >= 4 is 70.6 Å². The van der Waals surface area contributed by atoms with Gasteiger partial charge in [0.05, 0.1) is 59.3 Å². The van der Waals surface area contributed by atoms with Crippen LogP contribution in [0.3, 0.4) is 0 Å². The van der Waals surface area contributed by atoms with E-state index in [0.29, 0.717) is 51.0 Å². The Morgan fingerprint density at radius 2 is 0.677 bits per heavy atom. The van der Waals surface area contributed by atoms with Gasteiger partial charge in [0.15, 0.2) is 23.0 Å². The van der Waals surface area contributed by atoms with Gasteiger partial charge in [-0.25, -0.2) is 28.8 Å². The number of carboxylic acid groups (broad SMARTS) is 5. The fourth-order valence-electron chi connectivity index (χ4n) is 6.64. The normalized spacial score (nSPS) is 9.59. The van der Waals surface area contributed by atoms with E-state index in [1.165, 1.54) is 113 Å². The van der Waals surface area contributed by atoms with Crippen molar-refractivity contribution in [2.75, 3.05) is 28.4 Å². The van der Waals surface area contributed by atoms with Gasteiger partial charge in [-0.3, -0.25) is 40.5 Å². The van der Waals surface area contributed by atoms with Crippen molar-refractivity contribution in [3.63, 3.8) is 0 Å². The Morgan fingerprint density at radius 3 is 0.989 bits per heavy atom. The number of hydrogen-bond donors (Lipinski definition) is 5. The number of ether oxygens (including phenoxy) is 10. The summed E-state index contributed by atoms with van der Waals surface area (Å²) in [4.78, 5) is 102. The third kappa shape index (κ3) is 31.8. The van der Waals surface area contributed by atoms with Crippen molar-refractivity contribution in [3.05, 3.63) is 243 Å². The standard InChI is InChI=1S/2C17H17NO7.2C8H7NO5.C8H8O2S.CH2O3/c2*1-22-15-8-7-12(9-16(15)23-2)10-24-17(19)25-11-13-5-3-4-6-14(13)18(20)21;2*10-8(11)14-5-6-1-3-7(4-2-6)9(12)13;9-8(10)11-6-7-4-2-1-3-5-7;2-1(3)4/h2*3-9H,10-11H2,1-2H3;2*1-4H,5H2,(H,10,11);1-5H,6H2,(H,9,10);(H2,2,3,4). The lowest BCUT2D eigenvalue weighted by Crippen LogP contribution is -2.08. The zero-order valence-corrected chi connectivity index (χ0v) is 50.1. The summed E-state index contributed by atoms with van der Waals surface area (Å²) in [5, 5.41) is 80.2. The zero-order chi connectivity index (χ0) is 69.3. The molecule has 0 aromatic heterocycles. The number of rotatable bonds is 22. The predicted molar refractivity (Wildman–Crippen MR) is 323 cm³/mol. The Morgan fingerprint density at radius 1 is 0.366 bits per heavy atom. The molecule has 0 aliphatic carbocycles. The van der Waals surface area contributed by atoms with E-state index in [0.717, 1.165) is 17.3 Å². The van der Waals surface area contributed by atoms with Crippen LogP contribution in [0.2, 0.25) is 0 Å². The molecule has 0 radical (unpaired) electrons. The molecule has 0 saturated carbocycles. The minimum absolute atomic E-state index is 0.0317. The first kappa shape index (κ1) is 76.6. The highest BCUT2D eigenvalue weighted by Crippen LogP contribution is 2.29. The number of nitro groups is 4. The second-order valence-corrected chi connectivity index (χ2v) is 18.0. The Labute approximate surface area is 530 Å². The van der Waals surface area contributed by atoms with E-state index in [-0.39, 0.29) is 73.5 Å². The number of nitro benzene ring substituents is 4. The van der Waals surface area contributed by atoms with Gasteiger partial charge < -0.3 is 72.9 Å². The molecule has 7 aromatic rings. The lowest BCUT2D eigenvalue weighted by Gasteiger charge is -2.10. The molecule has 0 aliphatic heterocycles. The summed E-state index contributed by atoms with van der Waals surface area (Å²) in [6.45, 7) is -0.767. The highest BCUT2D eigenvalue weighted by molar-refractivity contribution is 8.12. The number of nitrogens with zero attached hydrogens (tertiary/aromatic N) is 4. The van der Waals surface area contributed by atoms with Crippen LogP contribution >= 0.6 is 11.8 Å². The number of carbonyl (C=O) groups excluding carboxylic acids is 2. The van der Waals surface area contributed by atoms with Crippen molar-refractivity contribution in [2.45, 2.75) is 45.4 Å². The summed E-state index contributed by atoms with van der Waals surface area (Å²) in [5.41, 5.74) is 3.81. The van der Waals surface area contributed by atoms with Crippen LogP contribution in [0.1, 0.15) is 38.9 Å². The van der Waals surface area contributed by atoms with Crippen LogP contribution in [0.15, 0.2) is 164 Å². The van der Waals surface area contributed by atoms with E-state index in [4.69, 9.17) is 68.2 Å². The Balaban J connectivity index is 0.000000403. The molecule has 0 spiro atoms. The highest BCUT2D eigenvalue weighted by Gasteiger charge is 2.17. The van der Waals surface area contributed by atoms with Gasteiger partial charge in [-0.1, -0.05) is 66.7 Å². The quantitative estimate of drug-likeness (QED) is 0.0182. The zero-order valence-electron chi connectivity index (χ0n) is 49.3. The van der Waals surface area contributed by atoms with Crippen molar-refractivity contribution < 1.29 is 121 Å². The number of carbonyl (C=O) groups is 6. The number of para-hydroxylation sites is 2. The molecule has 93 heavy (non-hydrogen) atoms. The molecule has 7 rings (SSSR count). The smallest absolute Gasteiger partial charge is 0.493 e. The topological polar surface area (TPSA) is 468 Å². The summed E-state index contributed by atoms with van der Waals surface area (Å²) in [6.07, 6.45) is -6.42. The van der Waals surface area contributed by atoms with E-state index < -0.39 is 55.8 Å². The number of non-ortho nitro benzene ring substituents is 2. The van der Waals surface area contributed by atoms with E-state index in [2.05, 4.69) is 9.47 Å². The molecule has 0 amide bonds. The molecule has 33 nitrogen and oxygen atoms in total. The third-order valence-corrected chi connectivity index (χ3v) is 11.6. The fraction of sp³-hybridized carbons (Fsp3) is 0.186. The summed E-state index contributed by atoms with van der Waals surface area (Å²) < 4.78 is 49.0. The molecule has 0 bridgehead atoms. The van der Waals surface area contributed by atoms with Gasteiger partial charge in [-0.2, -0.15) is 0 Å². The van der Waals surface area contributed by atoms with Crippen molar-refractivity contribution in [2.24, 2.45) is 0 Å². The maximum atomic E-state index is 11.7. The lowest BCUT2D eigenvalue weighted by atomic mass is 10.2. The average Bonchev–Trinajstić information content (AvgIpc) is 2.30. The van der Waals surface area contributed by atoms with Crippen LogP contribution in [-0.4, -0.2) is 110 Å². The molecular weight excluding hydrogens is 1260 g/mol. The maximum Gasteiger partial charge on any atom is 0.508 e. The van der Waals surface area contributed by atoms with Gasteiger partial charge in [-0.05, 0) is 100 Å². The van der Waals surface area contributed by atoms with E-state index in [1.807, 2.05) is 30.3 Å². The second kappa shape index (κ2) is 42.4. The molecule has 0 heterocycles. The SMILES string of the molecule is COc1ccc(COC(=O)OCc2ccccc2[N+](=O)[O-])cc1OC.COc1ccc(COC(=O)OCc2ccccc2[N+](=O)[O-])cc1OC.O=C(O)O.O=C(O)OCc1ccc([N+](=O)[O-])cc1.O=C(O)OCc1ccc([N+](=O)[O-])cc1.O=C(O)SCc1ccccc1. The summed E-state index contributed by atoms with van der Waals surface area (Å²) in [7, 11) is 6.05. The molecule has 34 heteroatoms. The fourth-order valence-corrected chi connectivity index (χ4v) is 7.12. The van der Waals surface area contributed by atoms with Crippen LogP contribution in [-0.2, 0) is 73.8 Å². The van der Waals surface area contributed by atoms with E-state index in [1.54, 1.807) is 48.5 Å². The predicted octanol–water partition coefficient (Wildman–Crippen LogP) is 13.3. The summed E-state index contributed by atoms with van der Waals surface area (Å²) in [5.74, 6) is 2.68. The minimum atomic E-state index is -1.83. The average molecular weight is 1320 g/mol. The highest BCUT2D eigenvalue weighted by atomic mass is 32.2. The number of benzene rings is 7. The molecular formula is C59H58N4O29S. The van der Waals surface area contributed by atoms with Crippen LogP contribution in [0.4, 0.5) is 51.5 Å². The molecule has 0 unspecified atom stereocenters. The molecule has 0 atom stereocenters. The van der Waals surface area contributed by atoms with Crippen LogP contribution in [0.25, 0.3) is 0 Å². The van der Waals surface area contributed by atoms with E-state index >= 15 is 0 Å². The van der Waals surface area contributed by atoms with Gasteiger partial charge >= 0.3 is 36.1 Å². The first-order chi connectivity index (χ1) is 44.3. The number of hydrogen-bond acceptors (Lipinski definition) is 25. The first-order valence-electron chi connectivity index (χ1n) is 25.8. The molecule has 0 aliphatic rings. The monoisotopic (exact) mass is 1320 g/mol. The van der Waals surface area contributed by atoms with Crippen molar-refractivity contribution in [3.8, 4) is 23.0 Å². The molecule has 7 aromatic carbocycles. The maximum absolute atomic E-state index is 11.7. The van der Waals surface area contributed by atoms with Crippen molar-refractivity contribution in [1.82, 2.24) is 0 Å². The molecule has 0 fully saturated rings. The Bertz CT molecular complexity index is 3370. The van der Waals surface area contributed by atoms with Crippen LogP contribution in [0.5, 0.6) is 23.0 Å². The Kier molecular flexibility index (Phi) is 34.9. The lowest BCUT2D eigenvalue weighted by molar-refractivity contribution is -0.386. The van der Waals surface area contributed by atoms with Gasteiger partial charge in [0.25, 0.3) is 22.7 Å². The van der Waals surface area contributed by atoms with Crippen molar-refractivity contribution in [1.29, 1.82) is 0 Å². The van der Waals surface area contributed by atoms with Gasteiger partial charge in [0.2, 0.25) is 0 Å². The molecule has 494 valence electrons. The third-order valence-electron chi connectivity index (χ3n) is 10.9. The summed E-state index contributed by atoms with van der Waals surface area (Å²) in [6, 6.07) is 42.7.